The largest absolute Gasteiger partial charge is 0.494 e. The highest BCUT2D eigenvalue weighted by molar-refractivity contribution is 6.06. The third-order valence-corrected chi connectivity index (χ3v) is 6.22. The van der Waals surface area contributed by atoms with E-state index in [9.17, 15) is 9.59 Å². The van der Waals surface area contributed by atoms with Gasteiger partial charge in [0.2, 0.25) is 0 Å². The molecule has 0 spiro atoms. The van der Waals surface area contributed by atoms with Crippen molar-refractivity contribution in [1.29, 1.82) is 0 Å². The summed E-state index contributed by atoms with van der Waals surface area (Å²) in [5, 5.41) is 3.56. The Balaban J connectivity index is 1.89. The zero-order valence-corrected chi connectivity index (χ0v) is 18.1. The molecule has 1 heterocycles. The summed E-state index contributed by atoms with van der Waals surface area (Å²) < 4.78 is 5.71. The summed E-state index contributed by atoms with van der Waals surface area (Å²) in [5.74, 6) is 0.786. The van der Waals surface area contributed by atoms with E-state index in [-0.39, 0.29) is 28.3 Å². The lowest BCUT2D eigenvalue weighted by Crippen LogP contribution is -2.42. The molecule has 4 rings (SSSR count). The molecule has 3 aliphatic rings. The molecule has 0 atom stereocenters. The van der Waals surface area contributed by atoms with Gasteiger partial charge in [-0.05, 0) is 48.3 Å². The summed E-state index contributed by atoms with van der Waals surface area (Å²) in [6.07, 6.45) is 2.66. The minimum Gasteiger partial charge on any atom is -0.494 e. The van der Waals surface area contributed by atoms with Crippen molar-refractivity contribution < 1.29 is 14.3 Å². The average Bonchev–Trinajstić information content (AvgIpc) is 2.58. The van der Waals surface area contributed by atoms with Crippen LogP contribution in [0.5, 0.6) is 5.75 Å². The number of dihydropyridines is 1. The fourth-order valence-electron chi connectivity index (χ4n) is 5.17. The predicted molar refractivity (Wildman–Crippen MR) is 114 cm³/mol. The van der Waals surface area contributed by atoms with Crippen LogP contribution in [0, 0.1) is 10.8 Å². The van der Waals surface area contributed by atoms with Crippen molar-refractivity contribution in [3.63, 3.8) is 0 Å². The molecular weight excluding hydrogens is 362 g/mol. The number of carbonyl (C=O) groups is 2. The second-order valence-electron chi connectivity index (χ2n) is 10.2. The Morgan fingerprint density at radius 1 is 0.931 bits per heavy atom. The number of hydrogen-bond acceptors (Lipinski definition) is 4. The zero-order chi connectivity index (χ0) is 21.0. The molecule has 29 heavy (non-hydrogen) atoms. The predicted octanol–water partition coefficient (Wildman–Crippen LogP) is 5.06. The molecular formula is C25H31NO3. The first kappa shape index (κ1) is 19.9. The summed E-state index contributed by atoms with van der Waals surface area (Å²) in [4.78, 5) is 26.6. The standard InChI is InChI=1S/C25H31NO3/c1-6-29-16-9-7-8-15(10-16)21-22-17(11-24(2,3)13-19(22)27)26-18-12-25(4,5)14-20(28)23(18)21/h7-10,21,26H,6,11-14H2,1-5H3. The highest BCUT2D eigenvalue weighted by Gasteiger charge is 2.46. The Labute approximate surface area is 173 Å². The van der Waals surface area contributed by atoms with Crippen molar-refractivity contribution in [1.82, 2.24) is 5.32 Å². The molecule has 1 N–H and O–H groups in total. The van der Waals surface area contributed by atoms with Gasteiger partial charge in [-0.25, -0.2) is 0 Å². The second-order valence-corrected chi connectivity index (χ2v) is 10.2. The van der Waals surface area contributed by atoms with Gasteiger partial charge in [-0.15, -0.1) is 0 Å². The van der Waals surface area contributed by atoms with E-state index in [0.29, 0.717) is 19.4 Å². The molecule has 1 aromatic rings. The highest BCUT2D eigenvalue weighted by atomic mass is 16.5. The minimum absolute atomic E-state index is 0.0765. The van der Waals surface area contributed by atoms with Crippen molar-refractivity contribution in [3.05, 3.63) is 52.4 Å². The molecule has 0 aromatic heterocycles. The van der Waals surface area contributed by atoms with Gasteiger partial charge in [0, 0.05) is 41.3 Å². The molecule has 0 unspecified atom stereocenters. The first-order chi connectivity index (χ1) is 13.6. The summed E-state index contributed by atoms with van der Waals surface area (Å²) >= 11 is 0. The van der Waals surface area contributed by atoms with Crippen LogP contribution in [-0.4, -0.2) is 18.2 Å². The quantitative estimate of drug-likeness (QED) is 0.780. The molecule has 2 aliphatic carbocycles. The number of Topliss-reactive ketones (excluding diaryl/α,β-unsaturated/α-hetero) is 2. The summed E-state index contributed by atoms with van der Waals surface area (Å²) in [7, 11) is 0. The number of nitrogens with one attached hydrogen (secondary N) is 1. The van der Waals surface area contributed by atoms with Gasteiger partial charge >= 0.3 is 0 Å². The normalized spacial score (nSPS) is 23.5. The molecule has 0 saturated heterocycles. The minimum atomic E-state index is -0.297. The Kier molecular flexibility index (Phi) is 4.71. The monoisotopic (exact) mass is 393 g/mol. The molecule has 0 fully saturated rings. The van der Waals surface area contributed by atoms with E-state index in [4.69, 9.17) is 4.74 Å². The van der Waals surface area contributed by atoms with Crippen LogP contribution < -0.4 is 10.1 Å². The van der Waals surface area contributed by atoms with Gasteiger partial charge in [0.15, 0.2) is 11.6 Å². The molecule has 154 valence electrons. The number of ketones is 2. The number of rotatable bonds is 3. The van der Waals surface area contributed by atoms with Crippen LogP contribution in [0.3, 0.4) is 0 Å². The van der Waals surface area contributed by atoms with Crippen molar-refractivity contribution in [3.8, 4) is 5.75 Å². The van der Waals surface area contributed by atoms with Crippen LogP contribution in [0.15, 0.2) is 46.8 Å². The molecule has 0 radical (unpaired) electrons. The zero-order valence-electron chi connectivity index (χ0n) is 18.1. The highest BCUT2D eigenvalue weighted by Crippen LogP contribution is 2.51. The van der Waals surface area contributed by atoms with Crippen LogP contribution in [-0.2, 0) is 9.59 Å². The smallest absolute Gasteiger partial charge is 0.162 e. The Hall–Kier alpha value is -2.36. The number of carbonyl (C=O) groups excluding carboxylic acids is 2. The number of allylic oxidation sites excluding steroid dienone is 4. The van der Waals surface area contributed by atoms with Gasteiger partial charge in [-0.2, -0.15) is 0 Å². The topological polar surface area (TPSA) is 55.4 Å². The molecule has 1 aromatic carbocycles. The molecule has 1 aliphatic heterocycles. The lowest BCUT2D eigenvalue weighted by atomic mass is 9.64. The summed E-state index contributed by atoms with van der Waals surface area (Å²) in [5.41, 5.74) is 4.39. The third kappa shape index (κ3) is 3.65. The number of ether oxygens (including phenoxy) is 1. The molecule has 0 bridgehead atoms. The van der Waals surface area contributed by atoms with Crippen LogP contribution in [0.25, 0.3) is 0 Å². The van der Waals surface area contributed by atoms with Gasteiger partial charge in [-0.1, -0.05) is 39.8 Å². The maximum absolute atomic E-state index is 13.3. The van der Waals surface area contributed by atoms with Crippen LogP contribution in [0.1, 0.15) is 71.8 Å². The summed E-state index contributed by atoms with van der Waals surface area (Å²) in [6.45, 7) is 11.1. The fraction of sp³-hybridized carbons (Fsp3) is 0.520. The lowest BCUT2D eigenvalue weighted by molar-refractivity contribution is -0.119. The van der Waals surface area contributed by atoms with E-state index in [1.54, 1.807) is 0 Å². The van der Waals surface area contributed by atoms with E-state index >= 15 is 0 Å². The van der Waals surface area contributed by atoms with E-state index in [2.05, 4.69) is 33.0 Å². The Morgan fingerprint density at radius 3 is 2.00 bits per heavy atom. The SMILES string of the molecule is CCOc1cccc(C2C3=C(CC(C)(C)CC3=O)NC3=C2C(=O)CC(C)(C)C3)c1. The van der Waals surface area contributed by atoms with Gasteiger partial charge in [-0.3, -0.25) is 9.59 Å². The Morgan fingerprint density at radius 2 is 1.48 bits per heavy atom. The molecule has 4 nitrogen and oxygen atoms in total. The van der Waals surface area contributed by atoms with E-state index in [0.717, 1.165) is 46.7 Å². The Bertz CT molecular complexity index is 897. The van der Waals surface area contributed by atoms with Gasteiger partial charge in [0.05, 0.1) is 6.61 Å². The van der Waals surface area contributed by atoms with Gasteiger partial charge in [0.25, 0.3) is 0 Å². The molecule has 0 amide bonds. The van der Waals surface area contributed by atoms with Crippen molar-refractivity contribution in [2.24, 2.45) is 10.8 Å². The van der Waals surface area contributed by atoms with Crippen molar-refractivity contribution in [2.45, 2.75) is 66.2 Å². The third-order valence-electron chi connectivity index (χ3n) is 6.22. The van der Waals surface area contributed by atoms with Crippen LogP contribution in [0.4, 0.5) is 0 Å². The van der Waals surface area contributed by atoms with Crippen LogP contribution >= 0.6 is 0 Å². The first-order valence-corrected chi connectivity index (χ1v) is 10.6. The maximum Gasteiger partial charge on any atom is 0.162 e. The van der Waals surface area contributed by atoms with E-state index in [1.807, 2.05) is 31.2 Å². The van der Waals surface area contributed by atoms with Crippen molar-refractivity contribution in [2.75, 3.05) is 6.61 Å². The van der Waals surface area contributed by atoms with E-state index in [1.165, 1.54) is 0 Å². The molecule has 4 heteroatoms. The van der Waals surface area contributed by atoms with Crippen LogP contribution in [0.2, 0.25) is 0 Å². The van der Waals surface area contributed by atoms with E-state index < -0.39 is 0 Å². The first-order valence-electron chi connectivity index (χ1n) is 10.6. The number of hydrogen-bond donors (Lipinski definition) is 1. The van der Waals surface area contributed by atoms with Gasteiger partial charge in [0.1, 0.15) is 5.75 Å². The average molecular weight is 394 g/mol. The molecule has 0 saturated carbocycles. The number of benzene rings is 1. The van der Waals surface area contributed by atoms with Gasteiger partial charge < -0.3 is 10.1 Å². The maximum atomic E-state index is 13.3. The fourth-order valence-corrected chi connectivity index (χ4v) is 5.17. The summed E-state index contributed by atoms with van der Waals surface area (Å²) in [6, 6.07) is 7.90. The lowest BCUT2D eigenvalue weighted by Gasteiger charge is -2.44. The second kappa shape index (κ2) is 6.86. The van der Waals surface area contributed by atoms with Crippen molar-refractivity contribution >= 4 is 11.6 Å².